The van der Waals surface area contributed by atoms with E-state index in [-0.39, 0.29) is 12.1 Å². The van der Waals surface area contributed by atoms with Crippen molar-refractivity contribution in [2.75, 3.05) is 51.1 Å². The molecule has 1 fully saturated rings. The Morgan fingerprint density at radius 3 is 2.77 bits per heavy atom. The lowest BCUT2D eigenvalue weighted by molar-refractivity contribution is 0.180. The molecule has 0 aromatic heterocycles. The highest BCUT2D eigenvalue weighted by atomic mass is 32.2. The Labute approximate surface area is 137 Å². The summed E-state index contributed by atoms with van der Waals surface area (Å²) in [5.41, 5.74) is 0.798. The highest BCUT2D eigenvalue weighted by Gasteiger charge is 2.26. The molecule has 22 heavy (non-hydrogen) atoms. The average molecular weight is 323 g/mol. The number of hydrogen-bond acceptors (Lipinski definition) is 4. The lowest BCUT2D eigenvalue weighted by Gasteiger charge is -2.31. The minimum atomic E-state index is -0.0143. The topological polar surface area (TPSA) is 44.8 Å². The molecule has 0 saturated carbocycles. The van der Waals surface area contributed by atoms with Crippen LogP contribution in [0.1, 0.15) is 6.42 Å². The first-order valence-corrected chi connectivity index (χ1v) is 8.70. The summed E-state index contributed by atoms with van der Waals surface area (Å²) in [6.07, 6.45) is 1.05. The quantitative estimate of drug-likeness (QED) is 0.925. The smallest absolute Gasteiger partial charge is 0.322 e. The third-order valence-corrected chi connectivity index (χ3v) is 4.81. The number of thioether (sulfide) groups is 1. The molecular weight excluding hydrogens is 298 g/mol. The summed E-state index contributed by atoms with van der Waals surface area (Å²) in [5, 5.41) is 3.00. The van der Waals surface area contributed by atoms with Gasteiger partial charge in [0.25, 0.3) is 0 Å². The Balaban J connectivity index is 2.03. The van der Waals surface area contributed by atoms with Crippen LogP contribution in [0.5, 0.6) is 5.75 Å². The number of amides is 2. The van der Waals surface area contributed by atoms with E-state index in [9.17, 15) is 4.79 Å². The zero-order chi connectivity index (χ0) is 15.9. The summed E-state index contributed by atoms with van der Waals surface area (Å²) in [6, 6.07) is 7.67. The largest absolute Gasteiger partial charge is 0.497 e. The summed E-state index contributed by atoms with van der Waals surface area (Å²) in [5.74, 6) is 2.90. The lowest BCUT2D eigenvalue weighted by atomic mass is 10.2. The number of benzene rings is 1. The van der Waals surface area contributed by atoms with Gasteiger partial charge in [0.05, 0.1) is 13.2 Å². The van der Waals surface area contributed by atoms with E-state index >= 15 is 0 Å². The van der Waals surface area contributed by atoms with Crippen molar-refractivity contribution in [3.05, 3.63) is 24.3 Å². The molecule has 1 aromatic carbocycles. The molecule has 1 heterocycles. The number of ether oxygens (including phenoxy) is 1. The van der Waals surface area contributed by atoms with Crippen LogP contribution >= 0.6 is 11.8 Å². The third-order valence-electron chi connectivity index (χ3n) is 3.62. The van der Waals surface area contributed by atoms with Crippen LogP contribution in [-0.4, -0.2) is 67.7 Å². The summed E-state index contributed by atoms with van der Waals surface area (Å²) in [6.45, 7) is 1.70. The number of anilines is 1. The van der Waals surface area contributed by atoms with Crippen LogP contribution in [0.4, 0.5) is 10.5 Å². The van der Waals surface area contributed by atoms with Gasteiger partial charge in [-0.2, -0.15) is 11.8 Å². The number of urea groups is 1. The molecule has 0 bridgehead atoms. The van der Waals surface area contributed by atoms with E-state index < -0.39 is 0 Å². The highest BCUT2D eigenvalue weighted by molar-refractivity contribution is 7.99. The maximum atomic E-state index is 12.6. The minimum Gasteiger partial charge on any atom is -0.497 e. The van der Waals surface area contributed by atoms with E-state index in [4.69, 9.17) is 4.74 Å². The van der Waals surface area contributed by atoms with Gasteiger partial charge in [-0.3, -0.25) is 0 Å². The second-order valence-corrected chi connectivity index (χ2v) is 6.85. The Bertz CT molecular complexity index is 479. The van der Waals surface area contributed by atoms with E-state index in [0.717, 1.165) is 42.5 Å². The first-order chi connectivity index (χ1) is 10.6. The molecule has 5 nitrogen and oxygen atoms in total. The Morgan fingerprint density at radius 1 is 1.41 bits per heavy atom. The molecule has 2 rings (SSSR count). The minimum absolute atomic E-state index is 0.0143. The molecule has 6 heteroatoms. The number of hydrogen-bond donors (Lipinski definition) is 1. The number of nitrogens with zero attached hydrogens (tertiary/aromatic N) is 2. The van der Waals surface area contributed by atoms with E-state index in [1.165, 1.54) is 0 Å². The predicted molar refractivity (Wildman–Crippen MR) is 93.0 cm³/mol. The van der Waals surface area contributed by atoms with Crippen LogP contribution in [0.15, 0.2) is 24.3 Å². The lowest BCUT2D eigenvalue weighted by Crippen LogP contribution is -2.48. The van der Waals surface area contributed by atoms with Crippen molar-refractivity contribution in [1.29, 1.82) is 0 Å². The number of rotatable bonds is 4. The van der Waals surface area contributed by atoms with Crippen molar-refractivity contribution < 1.29 is 9.53 Å². The van der Waals surface area contributed by atoms with Crippen molar-refractivity contribution in [2.24, 2.45) is 0 Å². The molecule has 1 saturated heterocycles. The standard InChI is InChI=1S/C16H25N3O2S/c1-18(2)11-14-12-22-10-4-9-19(14)16(20)17-13-5-7-15(21-3)8-6-13/h5-8,14H,4,9-12H2,1-3H3,(H,17,20). The molecule has 1 N–H and O–H groups in total. The van der Waals surface area contributed by atoms with Crippen LogP contribution in [-0.2, 0) is 0 Å². The summed E-state index contributed by atoms with van der Waals surface area (Å²) in [7, 11) is 5.73. The van der Waals surface area contributed by atoms with Crippen molar-refractivity contribution in [3.8, 4) is 5.75 Å². The van der Waals surface area contributed by atoms with Crippen molar-refractivity contribution in [3.63, 3.8) is 0 Å². The summed E-state index contributed by atoms with van der Waals surface area (Å²) >= 11 is 1.93. The third kappa shape index (κ3) is 4.81. The highest BCUT2D eigenvalue weighted by Crippen LogP contribution is 2.20. The van der Waals surface area contributed by atoms with Gasteiger partial charge in [0, 0.05) is 24.5 Å². The van der Waals surface area contributed by atoms with Crippen molar-refractivity contribution >= 4 is 23.5 Å². The SMILES string of the molecule is COc1ccc(NC(=O)N2CCCSCC2CN(C)C)cc1. The molecule has 1 aliphatic rings. The van der Waals surface area contributed by atoms with Gasteiger partial charge in [-0.15, -0.1) is 0 Å². The van der Waals surface area contributed by atoms with Gasteiger partial charge < -0.3 is 19.9 Å². The van der Waals surface area contributed by atoms with E-state index in [0.29, 0.717) is 0 Å². The van der Waals surface area contributed by atoms with E-state index in [1.807, 2.05) is 40.9 Å². The molecule has 0 spiro atoms. The molecule has 1 aliphatic heterocycles. The fraction of sp³-hybridized carbons (Fsp3) is 0.562. The second-order valence-electron chi connectivity index (χ2n) is 5.70. The number of carbonyl (C=O) groups excluding carboxylic acids is 1. The van der Waals surface area contributed by atoms with Crippen LogP contribution in [0.25, 0.3) is 0 Å². The monoisotopic (exact) mass is 323 g/mol. The van der Waals surface area contributed by atoms with Gasteiger partial charge in [-0.05, 0) is 50.5 Å². The normalized spacial score (nSPS) is 18.9. The van der Waals surface area contributed by atoms with Gasteiger partial charge in [-0.1, -0.05) is 0 Å². The molecular formula is C16H25N3O2S. The number of nitrogens with one attached hydrogen (secondary N) is 1. The summed E-state index contributed by atoms with van der Waals surface area (Å²) < 4.78 is 5.14. The second kappa shape index (κ2) is 8.29. The molecule has 0 radical (unpaired) electrons. The zero-order valence-electron chi connectivity index (χ0n) is 13.5. The van der Waals surface area contributed by atoms with Gasteiger partial charge >= 0.3 is 6.03 Å². The number of likely N-dealkylation sites (N-methyl/N-ethyl adjacent to an activating group) is 1. The predicted octanol–water partition coefficient (Wildman–Crippen LogP) is 2.60. The van der Waals surface area contributed by atoms with E-state index in [2.05, 4.69) is 24.3 Å². The first kappa shape index (κ1) is 17.0. The number of carbonyl (C=O) groups is 1. The fourth-order valence-corrected chi connectivity index (χ4v) is 3.60. The average Bonchev–Trinajstić information content (AvgIpc) is 2.73. The van der Waals surface area contributed by atoms with E-state index in [1.54, 1.807) is 7.11 Å². The van der Waals surface area contributed by atoms with Crippen LogP contribution < -0.4 is 10.1 Å². The maximum absolute atomic E-state index is 12.6. The molecule has 2 amide bonds. The Kier molecular flexibility index (Phi) is 6.39. The van der Waals surface area contributed by atoms with Crippen molar-refractivity contribution in [2.45, 2.75) is 12.5 Å². The molecule has 1 atom stereocenters. The van der Waals surface area contributed by atoms with Crippen LogP contribution in [0.2, 0.25) is 0 Å². The Morgan fingerprint density at radius 2 is 2.14 bits per heavy atom. The van der Waals surface area contributed by atoms with Crippen LogP contribution in [0.3, 0.4) is 0 Å². The zero-order valence-corrected chi connectivity index (χ0v) is 14.4. The molecule has 122 valence electrons. The Hall–Kier alpha value is -1.40. The van der Waals surface area contributed by atoms with Crippen LogP contribution in [0, 0.1) is 0 Å². The van der Waals surface area contributed by atoms with Gasteiger partial charge in [0.1, 0.15) is 5.75 Å². The molecule has 1 unspecified atom stereocenters. The van der Waals surface area contributed by atoms with Crippen molar-refractivity contribution in [1.82, 2.24) is 9.80 Å². The summed E-state index contributed by atoms with van der Waals surface area (Å²) in [4.78, 5) is 16.7. The maximum Gasteiger partial charge on any atom is 0.322 e. The number of methoxy groups -OCH3 is 1. The fourth-order valence-electron chi connectivity index (χ4n) is 2.54. The van der Waals surface area contributed by atoms with Gasteiger partial charge in [0.15, 0.2) is 0 Å². The van der Waals surface area contributed by atoms with Gasteiger partial charge in [-0.25, -0.2) is 4.79 Å². The van der Waals surface area contributed by atoms with Gasteiger partial charge in [0.2, 0.25) is 0 Å². The molecule has 0 aliphatic carbocycles. The molecule has 1 aromatic rings. The first-order valence-electron chi connectivity index (χ1n) is 7.54.